The van der Waals surface area contributed by atoms with Crippen LogP contribution in [0.25, 0.3) is 22.9 Å². The Bertz CT molecular complexity index is 503. The summed E-state index contributed by atoms with van der Waals surface area (Å²) in [6.45, 7) is 0. The molecule has 0 saturated heterocycles. The van der Waals surface area contributed by atoms with Crippen molar-refractivity contribution in [2.24, 2.45) is 0 Å². The largest absolute Gasteiger partial charge is 0.263 e. The molecular weight excluding hydrogens is 170 g/mol. The average molecular weight is 179 g/mol. The summed E-state index contributed by atoms with van der Waals surface area (Å²) in [5.41, 5.74) is 2.47. The van der Waals surface area contributed by atoms with E-state index in [2.05, 4.69) is 47.5 Å². The Morgan fingerprint density at radius 3 is 2.64 bits per heavy atom. The lowest BCUT2D eigenvalue weighted by Crippen LogP contribution is -1.83. The second-order valence-electron chi connectivity index (χ2n) is 3.39. The second-order valence-corrected chi connectivity index (χ2v) is 3.39. The normalized spacial score (nSPS) is 13.1. The highest BCUT2D eigenvalue weighted by atomic mass is 14.6. The summed E-state index contributed by atoms with van der Waals surface area (Å²) in [6.07, 6.45) is 12.2. The molecule has 66 valence electrons. The van der Waals surface area contributed by atoms with Crippen LogP contribution in [-0.4, -0.2) is 4.98 Å². The molecule has 0 radical (unpaired) electrons. The Morgan fingerprint density at radius 2 is 1.71 bits per heavy atom. The fourth-order valence-electron chi connectivity index (χ4n) is 1.88. The van der Waals surface area contributed by atoms with Crippen molar-refractivity contribution in [3.8, 4) is 0 Å². The number of pyridine rings is 1. The summed E-state index contributed by atoms with van der Waals surface area (Å²) < 4.78 is 0. The van der Waals surface area contributed by atoms with Gasteiger partial charge in [-0.05, 0) is 10.9 Å². The maximum Gasteiger partial charge on any atom is 0.0347 e. The van der Waals surface area contributed by atoms with Crippen LogP contribution in [0.5, 0.6) is 0 Å². The number of hydrogen-bond acceptors (Lipinski definition) is 1. The van der Waals surface area contributed by atoms with Crippen molar-refractivity contribution in [3.05, 3.63) is 53.9 Å². The van der Waals surface area contributed by atoms with Crippen LogP contribution in [0.3, 0.4) is 0 Å². The van der Waals surface area contributed by atoms with Crippen LogP contribution in [0.2, 0.25) is 0 Å². The molecule has 0 aliphatic heterocycles. The van der Waals surface area contributed by atoms with Gasteiger partial charge < -0.3 is 0 Å². The zero-order valence-electron chi connectivity index (χ0n) is 7.64. The van der Waals surface area contributed by atoms with E-state index in [1.54, 1.807) is 0 Å². The Labute approximate surface area is 82.4 Å². The van der Waals surface area contributed by atoms with Crippen LogP contribution in [0, 0.1) is 0 Å². The maximum atomic E-state index is 4.22. The zero-order chi connectivity index (χ0) is 9.38. The van der Waals surface area contributed by atoms with Crippen molar-refractivity contribution in [3.63, 3.8) is 0 Å². The molecule has 1 aliphatic carbocycles. The van der Waals surface area contributed by atoms with Gasteiger partial charge in [-0.15, -0.1) is 0 Å². The van der Waals surface area contributed by atoms with Crippen molar-refractivity contribution < 1.29 is 0 Å². The van der Waals surface area contributed by atoms with E-state index in [4.69, 9.17) is 0 Å². The summed E-state index contributed by atoms with van der Waals surface area (Å²) in [4.78, 5) is 4.22. The highest BCUT2D eigenvalue weighted by molar-refractivity contribution is 5.97. The van der Waals surface area contributed by atoms with E-state index in [-0.39, 0.29) is 0 Å². The van der Waals surface area contributed by atoms with Crippen LogP contribution in [0.15, 0.2) is 42.7 Å². The third kappa shape index (κ3) is 0.990. The van der Waals surface area contributed by atoms with Gasteiger partial charge in [0.2, 0.25) is 0 Å². The van der Waals surface area contributed by atoms with Gasteiger partial charge in [-0.2, -0.15) is 0 Å². The van der Waals surface area contributed by atoms with E-state index in [0.717, 1.165) is 0 Å². The highest BCUT2D eigenvalue weighted by Gasteiger charge is 2.03. The molecule has 0 bridgehead atoms. The van der Waals surface area contributed by atoms with Crippen LogP contribution >= 0.6 is 0 Å². The molecule has 1 heterocycles. The summed E-state index contributed by atoms with van der Waals surface area (Å²) in [5.74, 6) is 0. The molecule has 0 saturated carbocycles. The first kappa shape index (κ1) is 7.51. The van der Waals surface area contributed by atoms with Crippen LogP contribution < -0.4 is 0 Å². The molecule has 0 amide bonds. The molecule has 0 unspecified atom stereocenters. The smallest absolute Gasteiger partial charge is 0.0347 e. The van der Waals surface area contributed by atoms with E-state index in [0.29, 0.717) is 0 Å². The molecule has 2 aromatic rings. The van der Waals surface area contributed by atoms with Crippen LogP contribution in [-0.2, 0) is 0 Å². The number of benzene rings is 1. The number of hydrogen-bond donors (Lipinski definition) is 0. The quantitative estimate of drug-likeness (QED) is 0.604. The zero-order valence-corrected chi connectivity index (χ0v) is 7.64. The summed E-state index contributed by atoms with van der Waals surface area (Å²) in [7, 11) is 0. The van der Waals surface area contributed by atoms with Crippen molar-refractivity contribution in [1.29, 1.82) is 0 Å². The molecular formula is C13H9N. The number of allylic oxidation sites excluding steroid dienone is 2. The van der Waals surface area contributed by atoms with Crippen molar-refractivity contribution in [2.75, 3.05) is 0 Å². The van der Waals surface area contributed by atoms with Crippen LogP contribution in [0.4, 0.5) is 0 Å². The standard InChI is InChI=1S/C13H9N/c1-2-5-11-8-14-9-12-7-3-6-10(4-1)13(11)12/h1-9H. The maximum absolute atomic E-state index is 4.22. The molecule has 1 aromatic carbocycles. The average Bonchev–Trinajstić information content (AvgIpc) is 2.44. The SMILES string of the molecule is C1=Cc2cccc3cncc(c23)C=C1. The van der Waals surface area contributed by atoms with Crippen molar-refractivity contribution in [2.45, 2.75) is 0 Å². The highest BCUT2D eigenvalue weighted by Crippen LogP contribution is 2.25. The minimum Gasteiger partial charge on any atom is -0.263 e. The van der Waals surface area contributed by atoms with Gasteiger partial charge >= 0.3 is 0 Å². The molecule has 0 spiro atoms. The van der Waals surface area contributed by atoms with Gasteiger partial charge in [-0.25, -0.2) is 0 Å². The summed E-state index contributed by atoms with van der Waals surface area (Å²) >= 11 is 0. The molecule has 1 aromatic heterocycles. The van der Waals surface area contributed by atoms with Gasteiger partial charge in [0.25, 0.3) is 0 Å². The van der Waals surface area contributed by atoms with Gasteiger partial charge in [0.1, 0.15) is 0 Å². The third-order valence-electron chi connectivity index (χ3n) is 2.51. The molecule has 1 nitrogen and oxygen atoms in total. The molecule has 3 rings (SSSR count). The van der Waals surface area contributed by atoms with Crippen molar-refractivity contribution >= 4 is 22.9 Å². The monoisotopic (exact) mass is 179 g/mol. The molecule has 0 N–H and O–H groups in total. The predicted octanol–water partition coefficient (Wildman–Crippen LogP) is 3.27. The van der Waals surface area contributed by atoms with E-state index < -0.39 is 0 Å². The Balaban J connectivity index is 2.56. The van der Waals surface area contributed by atoms with Gasteiger partial charge in [-0.3, -0.25) is 4.98 Å². The summed E-state index contributed by atoms with van der Waals surface area (Å²) in [6, 6.07) is 6.30. The van der Waals surface area contributed by atoms with E-state index in [1.807, 2.05) is 12.4 Å². The first-order chi connectivity index (χ1) is 6.95. The van der Waals surface area contributed by atoms with E-state index in [1.165, 1.54) is 21.9 Å². The molecule has 1 heteroatoms. The van der Waals surface area contributed by atoms with Gasteiger partial charge in [-0.1, -0.05) is 42.5 Å². The van der Waals surface area contributed by atoms with Gasteiger partial charge in [0.05, 0.1) is 0 Å². The van der Waals surface area contributed by atoms with Gasteiger partial charge in [0.15, 0.2) is 0 Å². The predicted molar refractivity (Wildman–Crippen MR) is 59.8 cm³/mol. The number of aromatic nitrogens is 1. The minimum atomic E-state index is 1.20. The second kappa shape index (κ2) is 2.81. The van der Waals surface area contributed by atoms with Gasteiger partial charge in [0, 0.05) is 23.3 Å². The lowest BCUT2D eigenvalue weighted by molar-refractivity contribution is 1.35. The van der Waals surface area contributed by atoms with Crippen molar-refractivity contribution in [1.82, 2.24) is 4.98 Å². The van der Waals surface area contributed by atoms with Crippen LogP contribution in [0.1, 0.15) is 11.1 Å². The minimum absolute atomic E-state index is 1.20. The Hall–Kier alpha value is -1.89. The first-order valence-electron chi connectivity index (χ1n) is 4.67. The fourth-order valence-corrected chi connectivity index (χ4v) is 1.88. The van der Waals surface area contributed by atoms with E-state index in [9.17, 15) is 0 Å². The first-order valence-corrected chi connectivity index (χ1v) is 4.67. The molecule has 14 heavy (non-hydrogen) atoms. The topological polar surface area (TPSA) is 12.9 Å². The Morgan fingerprint density at radius 1 is 0.857 bits per heavy atom. The number of nitrogens with zero attached hydrogens (tertiary/aromatic N) is 1. The Kier molecular flexibility index (Phi) is 1.51. The fraction of sp³-hybridized carbons (Fsp3) is 0. The third-order valence-corrected chi connectivity index (χ3v) is 2.51. The number of rotatable bonds is 0. The summed E-state index contributed by atoms with van der Waals surface area (Å²) in [5, 5.41) is 2.50. The lowest BCUT2D eigenvalue weighted by Gasteiger charge is -2.03. The molecule has 1 aliphatic rings. The lowest BCUT2D eigenvalue weighted by atomic mass is 10.0. The molecule has 0 fully saturated rings. The van der Waals surface area contributed by atoms with E-state index >= 15 is 0 Å². The molecule has 0 atom stereocenters.